The van der Waals surface area contributed by atoms with Gasteiger partial charge in [0, 0.05) is 6.07 Å². The molecule has 1 aromatic heterocycles. The standard InChI is InChI=1S/C16H17F4N5O2.ClH/c17-10-1-2-14(27-9-16(18,19)20)12(7-10)22-15(26)13-8-25(24-23-13)11-3-5-21-6-4-11;/h1-2,7-8,11,21H,3-6,9H2,(H,22,26);1H. The number of carbonyl (C=O) groups is 1. The van der Waals surface area contributed by atoms with E-state index in [1.807, 2.05) is 0 Å². The molecule has 1 fully saturated rings. The van der Waals surface area contributed by atoms with Crippen LogP contribution in [0.15, 0.2) is 24.4 Å². The Kier molecular flexibility index (Phi) is 7.19. The lowest BCUT2D eigenvalue weighted by Gasteiger charge is -2.22. The van der Waals surface area contributed by atoms with E-state index in [0.29, 0.717) is 0 Å². The fourth-order valence-electron chi connectivity index (χ4n) is 2.70. The second-order valence-corrected chi connectivity index (χ2v) is 6.06. The van der Waals surface area contributed by atoms with E-state index in [2.05, 4.69) is 25.7 Å². The van der Waals surface area contributed by atoms with Crippen LogP contribution in [-0.4, -0.2) is 46.8 Å². The van der Waals surface area contributed by atoms with Gasteiger partial charge < -0.3 is 15.4 Å². The summed E-state index contributed by atoms with van der Waals surface area (Å²) < 4.78 is 56.7. The molecule has 0 saturated carbocycles. The number of hydrogen-bond donors (Lipinski definition) is 2. The normalized spacial score (nSPS) is 15.0. The molecule has 1 amide bonds. The first-order valence-corrected chi connectivity index (χ1v) is 8.25. The summed E-state index contributed by atoms with van der Waals surface area (Å²) >= 11 is 0. The molecule has 154 valence electrons. The molecule has 0 aliphatic carbocycles. The van der Waals surface area contributed by atoms with Crippen molar-refractivity contribution >= 4 is 24.0 Å². The van der Waals surface area contributed by atoms with Crippen LogP contribution in [0, 0.1) is 5.82 Å². The minimum absolute atomic E-state index is 0. The highest BCUT2D eigenvalue weighted by Gasteiger charge is 2.29. The molecule has 7 nitrogen and oxygen atoms in total. The average Bonchev–Trinajstić information content (AvgIpc) is 3.11. The van der Waals surface area contributed by atoms with Gasteiger partial charge >= 0.3 is 6.18 Å². The van der Waals surface area contributed by atoms with Crippen LogP contribution >= 0.6 is 12.4 Å². The molecule has 12 heteroatoms. The van der Waals surface area contributed by atoms with Gasteiger partial charge in [0.05, 0.1) is 17.9 Å². The van der Waals surface area contributed by atoms with Crippen LogP contribution < -0.4 is 15.4 Å². The maximum Gasteiger partial charge on any atom is 0.422 e. The lowest BCUT2D eigenvalue weighted by atomic mass is 10.1. The summed E-state index contributed by atoms with van der Waals surface area (Å²) in [7, 11) is 0. The van der Waals surface area contributed by atoms with Crippen molar-refractivity contribution in [2.45, 2.75) is 25.1 Å². The molecule has 1 aliphatic rings. The van der Waals surface area contributed by atoms with Crippen molar-refractivity contribution in [3.8, 4) is 5.75 Å². The maximum atomic E-state index is 13.5. The fourth-order valence-corrected chi connectivity index (χ4v) is 2.70. The number of hydrogen-bond acceptors (Lipinski definition) is 5. The quantitative estimate of drug-likeness (QED) is 0.723. The van der Waals surface area contributed by atoms with Crippen LogP contribution in [0.1, 0.15) is 29.4 Å². The highest BCUT2D eigenvalue weighted by atomic mass is 35.5. The number of carbonyl (C=O) groups excluding carboxylic acids is 1. The monoisotopic (exact) mass is 423 g/mol. The van der Waals surface area contributed by atoms with Crippen LogP contribution in [-0.2, 0) is 0 Å². The molecule has 0 unspecified atom stereocenters. The van der Waals surface area contributed by atoms with Gasteiger partial charge in [-0.05, 0) is 38.1 Å². The van der Waals surface area contributed by atoms with Crippen LogP contribution in [0.5, 0.6) is 5.75 Å². The summed E-state index contributed by atoms with van der Waals surface area (Å²) in [5.74, 6) is -1.76. The molecule has 1 aliphatic heterocycles. The predicted molar refractivity (Wildman–Crippen MR) is 94.3 cm³/mol. The third-order valence-corrected chi connectivity index (χ3v) is 4.01. The Balaban J connectivity index is 0.00000280. The molecule has 0 atom stereocenters. The van der Waals surface area contributed by atoms with E-state index in [1.165, 1.54) is 6.20 Å². The summed E-state index contributed by atoms with van der Waals surface area (Å²) in [5, 5.41) is 13.3. The number of piperidine rings is 1. The number of nitrogens with zero attached hydrogens (tertiary/aromatic N) is 3. The van der Waals surface area contributed by atoms with Crippen LogP contribution in [0.25, 0.3) is 0 Å². The first-order valence-electron chi connectivity index (χ1n) is 8.25. The molecule has 2 aromatic rings. The van der Waals surface area contributed by atoms with Gasteiger partial charge in [0.1, 0.15) is 11.6 Å². The second-order valence-electron chi connectivity index (χ2n) is 6.06. The Morgan fingerprint density at radius 1 is 1.32 bits per heavy atom. The van der Waals surface area contributed by atoms with E-state index in [1.54, 1.807) is 4.68 Å². The van der Waals surface area contributed by atoms with Crippen LogP contribution in [0.4, 0.5) is 23.2 Å². The minimum Gasteiger partial charge on any atom is -0.482 e. The molecule has 1 aromatic carbocycles. The summed E-state index contributed by atoms with van der Waals surface area (Å²) in [6, 6.07) is 2.94. The molecule has 28 heavy (non-hydrogen) atoms. The van der Waals surface area contributed by atoms with Gasteiger partial charge in [-0.3, -0.25) is 4.79 Å². The van der Waals surface area contributed by atoms with E-state index in [0.717, 1.165) is 44.1 Å². The molecule has 1 saturated heterocycles. The van der Waals surface area contributed by atoms with E-state index >= 15 is 0 Å². The van der Waals surface area contributed by atoms with Crippen molar-refractivity contribution < 1.29 is 27.1 Å². The summed E-state index contributed by atoms with van der Waals surface area (Å²) in [6.45, 7) is 0.0951. The van der Waals surface area contributed by atoms with Crippen LogP contribution in [0.2, 0.25) is 0 Å². The van der Waals surface area contributed by atoms with Gasteiger partial charge in [-0.25, -0.2) is 9.07 Å². The summed E-state index contributed by atoms with van der Waals surface area (Å²) in [4.78, 5) is 12.3. The van der Waals surface area contributed by atoms with Crippen molar-refractivity contribution in [3.05, 3.63) is 35.9 Å². The molecule has 2 heterocycles. The highest BCUT2D eigenvalue weighted by molar-refractivity contribution is 6.03. The molecular formula is C16H18ClF4N5O2. The lowest BCUT2D eigenvalue weighted by molar-refractivity contribution is -0.153. The van der Waals surface area contributed by atoms with Gasteiger partial charge in [-0.15, -0.1) is 17.5 Å². The molecule has 0 spiro atoms. The van der Waals surface area contributed by atoms with E-state index < -0.39 is 24.5 Å². The first-order chi connectivity index (χ1) is 12.8. The van der Waals surface area contributed by atoms with Crippen molar-refractivity contribution in [2.75, 3.05) is 25.0 Å². The summed E-state index contributed by atoms with van der Waals surface area (Å²) in [5.41, 5.74) is -0.250. The van der Waals surface area contributed by atoms with Crippen molar-refractivity contribution in [2.24, 2.45) is 0 Å². The largest absolute Gasteiger partial charge is 0.482 e. The Bertz CT molecular complexity index is 809. The molecular weight excluding hydrogens is 406 g/mol. The van der Waals surface area contributed by atoms with Gasteiger partial charge in [0.15, 0.2) is 12.3 Å². The number of aromatic nitrogens is 3. The van der Waals surface area contributed by atoms with E-state index in [4.69, 9.17) is 0 Å². The molecule has 3 rings (SSSR count). The zero-order chi connectivity index (χ0) is 19.4. The van der Waals surface area contributed by atoms with Crippen LogP contribution in [0.3, 0.4) is 0 Å². The highest BCUT2D eigenvalue weighted by Crippen LogP contribution is 2.28. The Hall–Kier alpha value is -2.40. The number of halogens is 5. The van der Waals surface area contributed by atoms with E-state index in [-0.39, 0.29) is 35.6 Å². The number of amides is 1. The van der Waals surface area contributed by atoms with Crippen molar-refractivity contribution in [3.63, 3.8) is 0 Å². The van der Waals surface area contributed by atoms with Gasteiger partial charge in [-0.1, -0.05) is 5.21 Å². The molecule has 0 bridgehead atoms. The van der Waals surface area contributed by atoms with Gasteiger partial charge in [0.2, 0.25) is 0 Å². The Morgan fingerprint density at radius 2 is 2.04 bits per heavy atom. The zero-order valence-electron chi connectivity index (χ0n) is 14.5. The fraction of sp³-hybridized carbons (Fsp3) is 0.438. The summed E-state index contributed by atoms with van der Waals surface area (Å²) in [6.07, 6.45) is -1.43. The molecule has 0 radical (unpaired) electrons. The predicted octanol–water partition coefficient (Wildman–Crippen LogP) is 2.96. The van der Waals surface area contributed by atoms with E-state index in [9.17, 15) is 22.4 Å². The third kappa shape index (κ3) is 5.80. The number of ether oxygens (including phenoxy) is 1. The Labute approximate surface area is 163 Å². The average molecular weight is 424 g/mol. The number of alkyl halides is 3. The second kappa shape index (κ2) is 9.20. The maximum absolute atomic E-state index is 13.5. The van der Waals surface area contributed by atoms with Gasteiger partial charge in [-0.2, -0.15) is 13.2 Å². The van der Waals surface area contributed by atoms with Crippen molar-refractivity contribution in [1.29, 1.82) is 0 Å². The molecule has 2 N–H and O–H groups in total. The SMILES string of the molecule is Cl.O=C(Nc1cc(F)ccc1OCC(F)(F)F)c1cn(C2CCNCC2)nn1. The minimum atomic E-state index is -4.56. The topological polar surface area (TPSA) is 81.1 Å². The number of benzene rings is 1. The zero-order valence-corrected chi connectivity index (χ0v) is 15.3. The number of anilines is 1. The smallest absolute Gasteiger partial charge is 0.422 e. The number of nitrogens with one attached hydrogen (secondary N) is 2. The Morgan fingerprint density at radius 3 is 2.71 bits per heavy atom. The third-order valence-electron chi connectivity index (χ3n) is 4.01. The van der Waals surface area contributed by atoms with Crippen molar-refractivity contribution in [1.82, 2.24) is 20.3 Å². The first kappa shape index (κ1) is 21.9. The number of rotatable bonds is 5. The lowest BCUT2D eigenvalue weighted by Crippen LogP contribution is -2.29. The van der Waals surface area contributed by atoms with Gasteiger partial charge in [0.25, 0.3) is 5.91 Å².